The summed E-state index contributed by atoms with van der Waals surface area (Å²) in [4.78, 5) is 28.2. The third kappa shape index (κ3) is 4.01. The molecule has 0 radical (unpaired) electrons. The molecule has 0 fully saturated rings. The molecule has 2 N–H and O–H groups in total. The minimum absolute atomic E-state index is 0.116. The van der Waals surface area contributed by atoms with Gasteiger partial charge in [-0.3, -0.25) is 19.3 Å². The Morgan fingerprint density at radius 2 is 2.00 bits per heavy atom. The normalized spacial score (nSPS) is 14.8. The van der Waals surface area contributed by atoms with Crippen LogP contribution in [0.15, 0.2) is 51.9 Å². The Morgan fingerprint density at radius 3 is 2.74 bits per heavy atom. The van der Waals surface area contributed by atoms with E-state index in [-0.39, 0.29) is 30.1 Å². The van der Waals surface area contributed by atoms with Crippen LogP contribution in [0.3, 0.4) is 0 Å². The molecule has 1 aromatic carbocycles. The third-order valence-corrected chi connectivity index (χ3v) is 7.33. The Kier molecular flexibility index (Phi) is 5.53. The Balaban J connectivity index is 1.64. The van der Waals surface area contributed by atoms with Crippen molar-refractivity contribution in [2.24, 2.45) is 0 Å². The number of rotatable bonds is 5. The first-order valence-electron chi connectivity index (χ1n) is 11.1. The second-order valence-electron chi connectivity index (χ2n) is 9.16. The first-order valence-corrected chi connectivity index (χ1v) is 11.9. The number of ether oxygens (including phenoxy) is 1. The first kappa shape index (κ1) is 22.4. The van der Waals surface area contributed by atoms with Crippen molar-refractivity contribution in [3.05, 3.63) is 80.4 Å². The number of carbonyl (C=O) groups is 1. The van der Waals surface area contributed by atoms with E-state index in [1.54, 1.807) is 18.4 Å². The van der Waals surface area contributed by atoms with E-state index in [0.717, 1.165) is 16.0 Å². The summed E-state index contributed by atoms with van der Waals surface area (Å²) in [6.45, 7) is 6.33. The highest BCUT2D eigenvalue weighted by atomic mass is 32.1. The number of thiophene rings is 1. The molecule has 0 spiro atoms. The average Bonchev–Trinajstić information content (AvgIpc) is 3.43. The number of carbonyl (C=O) groups excluding carboxylic acids is 1. The fourth-order valence-corrected chi connectivity index (χ4v) is 5.55. The van der Waals surface area contributed by atoms with Crippen molar-refractivity contribution in [1.29, 1.82) is 5.41 Å². The number of aryl methyl sites for hydroxylation is 1. The standard InChI is InChI=1S/C25H26N4O4S/c1-15-7-4-5-9-18(15)27-20(30)13-29-23-21(17-11-25(2,3)33-14-19(17)34-23)22(26)28(24(29)31)12-16-8-6-10-32-16/h4-10,26H,11-14H2,1-3H3,(H,27,30). The van der Waals surface area contributed by atoms with Gasteiger partial charge in [-0.25, -0.2) is 4.79 Å². The largest absolute Gasteiger partial charge is 0.467 e. The summed E-state index contributed by atoms with van der Waals surface area (Å²) in [5.74, 6) is 0.265. The highest BCUT2D eigenvalue weighted by Crippen LogP contribution is 2.37. The van der Waals surface area contributed by atoms with Gasteiger partial charge in [-0.1, -0.05) is 18.2 Å². The van der Waals surface area contributed by atoms with Crippen LogP contribution in [0.2, 0.25) is 0 Å². The Hall–Kier alpha value is -3.43. The summed E-state index contributed by atoms with van der Waals surface area (Å²) in [6, 6.07) is 11.0. The minimum Gasteiger partial charge on any atom is -0.467 e. The smallest absolute Gasteiger partial charge is 0.331 e. The zero-order chi connectivity index (χ0) is 24.0. The molecule has 4 aromatic rings. The average molecular weight is 479 g/mol. The molecule has 0 aliphatic carbocycles. The molecule has 34 heavy (non-hydrogen) atoms. The number of hydrogen-bond acceptors (Lipinski definition) is 6. The molecule has 1 amide bonds. The third-order valence-electron chi connectivity index (χ3n) is 6.10. The fourth-order valence-electron chi connectivity index (χ4n) is 4.33. The maximum absolute atomic E-state index is 13.6. The van der Waals surface area contributed by atoms with E-state index in [4.69, 9.17) is 14.6 Å². The Bertz CT molecular complexity index is 1510. The van der Waals surface area contributed by atoms with Crippen LogP contribution in [0.5, 0.6) is 0 Å². The Labute approximate surface area is 199 Å². The van der Waals surface area contributed by atoms with Gasteiger partial charge in [0.15, 0.2) is 0 Å². The second-order valence-corrected chi connectivity index (χ2v) is 10.2. The van der Waals surface area contributed by atoms with Crippen molar-refractivity contribution in [2.45, 2.75) is 52.5 Å². The number of fused-ring (bicyclic) bond motifs is 3. The lowest BCUT2D eigenvalue weighted by molar-refractivity contribution is -0.116. The van der Waals surface area contributed by atoms with Gasteiger partial charge in [0.05, 0.1) is 30.4 Å². The van der Waals surface area contributed by atoms with E-state index in [9.17, 15) is 9.59 Å². The van der Waals surface area contributed by atoms with Crippen molar-refractivity contribution >= 4 is 33.1 Å². The Morgan fingerprint density at radius 1 is 1.21 bits per heavy atom. The van der Waals surface area contributed by atoms with Crippen molar-refractivity contribution in [3.8, 4) is 0 Å². The van der Waals surface area contributed by atoms with Gasteiger partial charge in [0, 0.05) is 17.0 Å². The van der Waals surface area contributed by atoms with E-state index >= 15 is 0 Å². The lowest BCUT2D eigenvalue weighted by atomic mass is 9.94. The molecule has 4 heterocycles. The molecule has 5 rings (SSSR count). The zero-order valence-electron chi connectivity index (χ0n) is 19.3. The molecule has 0 saturated heterocycles. The lowest BCUT2D eigenvalue weighted by Gasteiger charge is -2.30. The first-order chi connectivity index (χ1) is 16.2. The summed E-state index contributed by atoms with van der Waals surface area (Å²) in [5.41, 5.74) is 1.99. The van der Waals surface area contributed by atoms with Gasteiger partial charge in [-0.05, 0) is 50.1 Å². The summed E-state index contributed by atoms with van der Waals surface area (Å²) in [7, 11) is 0. The van der Waals surface area contributed by atoms with Gasteiger partial charge in [0.2, 0.25) is 5.91 Å². The van der Waals surface area contributed by atoms with E-state index in [0.29, 0.717) is 34.7 Å². The van der Waals surface area contributed by atoms with Gasteiger partial charge in [0.1, 0.15) is 22.6 Å². The van der Waals surface area contributed by atoms with Crippen LogP contribution in [0.1, 0.15) is 35.6 Å². The van der Waals surface area contributed by atoms with E-state index < -0.39 is 5.69 Å². The van der Waals surface area contributed by atoms with Crippen molar-refractivity contribution in [1.82, 2.24) is 9.13 Å². The van der Waals surface area contributed by atoms with Crippen LogP contribution in [-0.2, 0) is 35.6 Å². The fraction of sp³-hybridized carbons (Fsp3) is 0.320. The van der Waals surface area contributed by atoms with Gasteiger partial charge in [-0.2, -0.15) is 0 Å². The molecule has 0 unspecified atom stereocenters. The number of benzene rings is 1. The SMILES string of the molecule is Cc1ccccc1NC(=O)Cn1c(=O)n(Cc2ccco2)c(=N)c2c3c(sc21)COC(C)(C)C3. The number of hydrogen-bond donors (Lipinski definition) is 2. The topological polar surface area (TPSA) is 102 Å². The molecule has 0 saturated carbocycles. The van der Waals surface area contributed by atoms with Crippen LogP contribution in [0.4, 0.5) is 5.69 Å². The van der Waals surface area contributed by atoms with Gasteiger partial charge in [0.25, 0.3) is 0 Å². The van der Waals surface area contributed by atoms with Crippen molar-refractivity contribution < 1.29 is 13.9 Å². The molecule has 1 aliphatic heterocycles. The van der Waals surface area contributed by atoms with Gasteiger partial charge in [-0.15, -0.1) is 11.3 Å². The maximum Gasteiger partial charge on any atom is 0.331 e. The summed E-state index contributed by atoms with van der Waals surface area (Å²) in [6.07, 6.45) is 2.17. The van der Waals surface area contributed by atoms with E-state index in [1.807, 2.05) is 45.0 Å². The monoisotopic (exact) mass is 478 g/mol. The molecule has 0 bridgehead atoms. The maximum atomic E-state index is 13.6. The van der Waals surface area contributed by atoms with E-state index in [1.165, 1.54) is 20.5 Å². The molecule has 0 atom stereocenters. The highest BCUT2D eigenvalue weighted by Gasteiger charge is 2.31. The summed E-state index contributed by atoms with van der Waals surface area (Å²) in [5, 5.41) is 12.5. The summed E-state index contributed by atoms with van der Waals surface area (Å²) < 4.78 is 14.3. The van der Waals surface area contributed by atoms with Crippen molar-refractivity contribution in [2.75, 3.05) is 5.32 Å². The number of amides is 1. The molecule has 8 nitrogen and oxygen atoms in total. The summed E-state index contributed by atoms with van der Waals surface area (Å²) >= 11 is 1.42. The molecular weight excluding hydrogens is 452 g/mol. The molecule has 9 heteroatoms. The van der Waals surface area contributed by atoms with Gasteiger partial charge >= 0.3 is 5.69 Å². The van der Waals surface area contributed by atoms with Crippen LogP contribution >= 0.6 is 11.3 Å². The number of para-hydroxylation sites is 1. The number of nitrogens with one attached hydrogen (secondary N) is 2. The van der Waals surface area contributed by atoms with Crippen molar-refractivity contribution in [3.63, 3.8) is 0 Å². The second kappa shape index (κ2) is 8.41. The number of aromatic nitrogens is 2. The van der Waals surface area contributed by atoms with E-state index in [2.05, 4.69) is 5.32 Å². The minimum atomic E-state index is -0.424. The molecule has 1 aliphatic rings. The zero-order valence-corrected chi connectivity index (χ0v) is 20.1. The van der Waals surface area contributed by atoms with Crippen LogP contribution in [-0.4, -0.2) is 20.6 Å². The molecular formula is C25H26N4O4S. The van der Waals surface area contributed by atoms with Crippen LogP contribution in [0.25, 0.3) is 10.2 Å². The molecule has 3 aromatic heterocycles. The lowest BCUT2D eigenvalue weighted by Crippen LogP contribution is -2.42. The van der Waals surface area contributed by atoms with Crippen LogP contribution in [0, 0.1) is 12.3 Å². The van der Waals surface area contributed by atoms with Crippen LogP contribution < -0.4 is 16.5 Å². The quantitative estimate of drug-likeness (QED) is 0.456. The number of anilines is 1. The predicted molar refractivity (Wildman–Crippen MR) is 130 cm³/mol. The number of nitrogens with zero attached hydrogens (tertiary/aromatic N) is 2. The predicted octanol–water partition coefficient (Wildman–Crippen LogP) is 3.78. The number of furan rings is 1. The van der Waals surface area contributed by atoms with Gasteiger partial charge < -0.3 is 14.5 Å². The highest BCUT2D eigenvalue weighted by molar-refractivity contribution is 7.18. The molecule has 176 valence electrons.